The van der Waals surface area contributed by atoms with Crippen LogP contribution in [0.15, 0.2) is 18.2 Å². The summed E-state index contributed by atoms with van der Waals surface area (Å²) in [5, 5.41) is 19.6. The van der Waals surface area contributed by atoms with Gasteiger partial charge in [0, 0.05) is 6.07 Å². The average Bonchev–Trinajstić information content (AvgIpc) is 2.25. The number of nitro benzene ring substituents is 1. The van der Waals surface area contributed by atoms with Gasteiger partial charge in [0.25, 0.3) is 5.69 Å². The fourth-order valence-corrected chi connectivity index (χ4v) is 1.10. The molecule has 1 atom stereocenters. The lowest BCUT2D eigenvalue weighted by atomic mass is 10.3. The molecule has 88 valence electrons. The van der Waals surface area contributed by atoms with E-state index < -0.39 is 11.0 Å². The summed E-state index contributed by atoms with van der Waals surface area (Å²) >= 11 is 0. The maximum Gasteiger partial charge on any atom is 0.273 e. The van der Waals surface area contributed by atoms with Crippen molar-refractivity contribution >= 4 is 5.69 Å². The zero-order valence-corrected chi connectivity index (χ0v) is 9.04. The van der Waals surface area contributed by atoms with E-state index in [2.05, 4.69) is 0 Å². The van der Waals surface area contributed by atoms with Gasteiger partial charge in [-0.05, 0) is 13.0 Å². The quantitative estimate of drug-likeness (QED) is 0.606. The number of aliphatic hydroxyl groups is 1. The van der Waals surface area contributed by atoms with Gasteiger partial charge in [-0.25, -0.2) is 0 Å². The van der Waals surface area contributed by atoms with Crippen LogP contribution in [0.1, 0.15) is 6.92 Å². The Morgan fingerprint density at radius 1 is 1.50 bits per heavy atom. The van der Waals surface area contributed by atoms with E-state index in [-0.39, 0.29) is 18.0 Å². The maximum atomic E-state index is 10.6. The second-order valence-corrected chi connectivity index (χ2v) is 3.25. The number of nitrogens with zero attached hydrogens (tertiary/aromatic N) is 1. The topological polar surface area (TPSA) is 81.8 Å². The molecule has 1 aromatic carbocycles. The predicted octanol–water partition coefficient (Wildman–Crippen LogP) is 1.36. The highest BCUT2D eigenvalue weighted by atomic mass is 16.6. The average molecular weight is 227 g/mol. The minimum absolute atomic E-state index is 0.0531. The first-order chi connectivity index (χ1) is 7.54. The van der Waals surface area contributed by atoms with Gasteiger partial charge in [-0.15, -0.1) is 0 Å². The lowest BCUT2D eigenvalue weighted by Crippen LogP contribution is -2.13. The van der Waals surface area contributed by atoms with Crippen molar-refractivity contribution < 1.29 is 19.5 Å². The van der Waals surface area contributed by atoms with Gasteiger partial charge in [0.2, 0.25) is 0 Å². The van der Waals surface area contributed by atoms with Gasteiger partial charge in [0.15, 0.2) is 11.5 Å². The highest BCUT2D eigenvalue weighted by Crippen LogP contribution is 2.31. The van der Waals surface area contributed by atoms with Crippen molar-refractivity contribution in [3.63, 3.8) is 0 Å². The second kappa shape index (κ2) is 5.32. The van der Waals surface area contributed by atoms with E-state index in [1.165, 1.54) is 25.3 Å². The molecule has 0 saturated heterocycles. The van der Waals surface area contributed by atoms with Crippen LogP contribution in [0.4, 0.5) is 5.69 Å². The molecule has 0 bridgehead atoms. The van der Waals surface area contributed by atoms with Crippen LogP contribution in [0.25, 0.3) is 0 Å². The lowest BCUT2D eigenvalue weighted by Gasteiger charge is -2.11. The fraction of sp³-hybridized carbons (Fsp3) is 0.400. The Kier molecular flexibility index (Phi) is 4.07. The van der Waals surface area contributed by atoms with Gasteiger partial charge in [-0.2, -0.15) is 0 Å². The number of benzene rings is 1. The molecule has 0 aliphatic heterocycles. The van der Waals surface area contributed by atoms with E-state index in [4.69, 9.17) is 14.6 Å². The first-order valence-electron chi connectivity index (χ1n) is 4.68. The molecule has 0 fully saturated rings. The van der Waals surface area contributed by atoms with Gasteiger partial charge >= 0.3 is 0 Å². The van der Waals surface area contributed by atoms with E-state index in [1.54, 1.807) is 6.92 Å². The van der Waals surface area contributed by atoms with Crippen molar-refractivity contribution in [2.45, 2.75) is 13.0 Å². The summed E-state index contributed by atoms with van der Waals surface area (Å²) in [6.45, 7) is 1.61. The van der Waals surface area contributed by atoms with Crippen molar-refractivity contribution in [2.75, 3.05) is 13.7 Å². The molecule has 1 N–H and O–H groups in total. The highest BCUT2D eigenvalue weighted by molar-refractivity contribution is 5.48. The largest absolute Gasteiger partial charge is 0.493 e. The first-order valence-corrected chi connectivity index (χ1v) is 4.68. The van der Waals surface area contributed by atoms with Crippen LogP contribution in [0.3, 0.4) is 0 Å². The van der Waals surface area contributed by atoms with Gasteiger partial charge in [0.1, 0.15) is 6.61 Å². The Labute approximate surface area is 92.6 Å². The van der Waals surface area contributed by atoms with Gasteiger partial charge in [-0.1, -0.05) is 0 Å². The minimum Gasteiger partial charge on any atom is -0.493 e. The zero-order valence-electron chi connectivity index (χ0n) is 9.04. The summed E-state index contributed by atoms with van der Waals surface area (Å²) in [4.78, 5) is 10.0. The summed E-state index contributed by atoms with van der Waals surface area (Å²) in [6.07, 6.45) is -0.649. The molecular formula is C10H13NO5. The molecule has 0 heterocycles. The monoisotopic (exact) mass is 227 g/mol. The number of non-ortho nitro benzene ring substituents is 1. The molecule has 0 saturated carbocycles. The summed E-state index contributed by atoms with van der Waals surface area (Å²) < 4.78 is 10.2. The van der Waals surface area contributed by atoms with Gasteiger partial charge in [0.05, 0.1) is 24.2 Å². The number of rotatable bonds is 5. The Morgan fingerprint density at radius 2 is 2.19 bits per heavy atom. The van der Waals surface area contributed by atoms with E-state index in [0.29, 0.717) is 5.75 Å². The molecule has 0 unspecified atom stereocenters. The van der Waals surface area contributed by atoms with Crippen LogP contribution in [0.2, 0.25) is 0 Å². The van der Waals surface area contributed by atoms with Crippen molar-refractivity contribution in [1.29, 1.82) is 0 Å². The number of hydrogen-bond donors (Lipinski definition) is 1. The van der Waals surface area contributed by atoms with Crippen molar-refractivity contribution in [1.82, 2.24) is 0 Å². The number of aliphatic hydroxyl groups excluding tert-OH is 1. The van der Waals surface area contributed by atoms with Crippen molar-refractivity contribution in [3.8, 4) is 11.5 Å². The molecule has 0 aromatic heterocycles. The Balaban J connectivity index is 2.93. The second-order valence-electron chi connectivity index (χ2n) is 3.25. The number of nitro groups is 1. The zero-order chi connectivity index (χ0) is 12.1. The smallest absolute Gasteiger partial charge is 0.273 e. The first kappa shape index (κ1) is 12.3. The highest BCUT2D eigenvalue weighted by Gasteiger charge is 2.12. The van der Waals surface area contributed by atoms with E-state index >= 15 is 0 Å². The molecule has 0 amide bonds. The third-order valence-corrected chi connectivity index (χ3v) is 1.84. The van der Waals surface area contributed by atoms with Gasteiger partial charge in [-0.3, -0.25) is 10.1 Å². The van der Waals surface area contributed by atoms with Crippen molar-refractivity contribution in [2.24, 2.45) is 0 Å². The van der Waals surface area contributed by atoms with Crippen LogP contribution < -0.4 is 9.47 Å². The predicted molar refractivity (Wildman–Crippen MR) is 56.8 cm³/mol. The maximum absolute atomic E-state index is 10.6. The molecule has 0 spiro atoms. The van der Waals surface area contributed by atoms with Crippen LogP contribution in [0, 0.1) is 10.1 Å². The SMILES string of the molecule is COc1ccc([N+](=O)[O-])cc1OC[C@@H](C)O. The molecule has 0 aliphatic rings. The van der Waals surface area contributed by atoms with Crippen LogP contribution in [-0.4, -0.2) is 29.9 Å². The molecule has 0 aliphatic carbocycles. The lowest BCUT2D eigenvalue weighted by molar-refractivity contribution is -0.385. The number of ether oxygens (including phenoxy) is 2. The van der Waals surface area contributed by atoms with Crippen molar-refractivity contribution in [3.05, 3.63) is 28.3 Å². The van der Waals surface area contributed by atoms with E-state index in [1.807, 2.05) is 0 Å². The van der Waals surface area contributed by atoms with E-state index in [0.717, 1.165) is 0 Å². The summed E-state index contributed by atoms with van der Waals surface area (Å²) in [6, 6.07) is 4.05. The molecule has 1 rings (SSSR count). The molecular weight excluding hydrogens is 214 g/mol. The van der Waals surface area contributed by atoms with Crippen LogP contribution in [0.5, 0.6) is 11.5 Å². The fourth-order valence-electron chi connectivity index (χ4n) is 1.10. The number of hydrogen-bond acceptors (Lipinski definition) is 5. The summed E-state index contributed by atoms with van der Waals surface area (Å²) in [5.41, 5.74) is -0.0820. The third-order valence-electron chi connectivity index (χ3n) is 1.84. The molecule has 1 aromatic rings. The Morgan fingerprint density at radius 3 is 2.69 bits per heavy atom. The molecule has 16 heavy (non-hydrogen) atoms. The van der Waals surface area contributed by atoms with Gasteiger partial charge < -0.3 is 14.6 Å². The molecule has 6 heteroatoms. The summed E-state index contributed by atoms with van der Waals surface area (Å²) in [7, 11) is 1.44. The van der Waals surface area contributed by atoms with Crippen LogP contribution >= 0.6 is 0 Å². The normalized spacial score (nSPS) is 11.9. The Bertz CT molecular complexity index is 377. The minimum atomic E-state index is -0.649. The Hall–Kier alpha value is -1.82. The van der Waals surface area contributed by atoms with E-state index in [9.17, 15) is 10.1 Å². The third kappa shape index (κ3) is 3.09. The van der Waals surface area contributed by atoms with Crippen LogP contribution in [-0.2, 0) is 0 Å². The summed E-state index contributed by atoms with van der Waals surface area (Å²) in [5.74, 6) is 0.642. The standard InChI is InChI=1S/C10H13NO5/c1-7(12)6-16-10-5-8(11(13)14)3-4-9(10)15-2/h3-5,7,12H,6H2,1-2H3/t7-/m1/s1. The number of methoxy groups -OCH3 is 1. The molecule has 0 radical (unpaired) electrons. The molecule has 6 nitrogen and oxygen atoms in total.